The van der Waals surface area contributed by atoms with Crippen molar-refractivity contribution in [3.63, 3.8) is 0 Å². The zero-order valence-electron chi connectivity index (χ0n) is 20.8. The number of nitrogens with one attached hydrogen (secondary N) is 1. The standard InChI is InChI=1S/C25H26ClF5N2O4Si/c1-23(2,3)37-22(36)38-13-24(14-38,21(35)32-19-9-8-17(27)10-18(19)28)33(20(34)11-26)12-15-4-6-16(7-5-15)25(29,30)31/h4-10,38H,11-14H2,1-3H3,(H,32,35). The first-order valence-corrected chi connectivity index (χ1v) is 14.3. The Morgan fingerprint density at radius 3 is 2.16 bits per heavy atom. The highest BCUT2D eigenvalue weighted by Gasteiger charge is 2.59. The summed E-state index contributed by atoms with van der Waals surface area (Å²) in [4.78, 5) is 40.4. The number of amides is 2. The first-order valence-electron chi connectivity index (χ1n) is 11.6. The van der Waals surface area contributed by atoms with Crippen LogP contribution < -0.4 is 5.32 Å². The molecule has 1 aliphatic heterocycles. The molecule has 6 nitrogen and oxygen atoms in total. The molecule has 1 heterocycles. The van der Waals surface area contributed by atoms with Crippen LogP contribution in [0.5, 0.6) is 0 Å². The third-order valence-corrected chi connectivity index (χ3v) is 9.41. The maximum absolute atomic E-state index is 14.3. The van der Waals surface area contributed by atoms with Crippen molar-refractivity contribution in [2.75, 3.05) is 11.2 Å². The first kappa shape index (κ1) is 29.6. The molecule has 0 radical (unpaired) electrons. The Hall–Kier alpha value is -2.99. The van der Waals surface area contributed by atoms with Crippen LogP contribution in [0.3, 0.4) is 0 Å². The fraction of sp³-hybridized carbons (Fsp3) is 0.400. The van der Waals surface area contributed by atoms with Crippen molar-refractivity contribution < 1.29 is 41.1 Å². The molecule has 13 heteroatoms. The quantitative estimate of drug-likeness (QED) is 0.261. The Kier molecular flexibility index (Phi) is 8.57. The Balaban J connectivity index is 1.96. The van der Waals surface area contributed by atoms with Crippen molar-refractivity contribution >= 4 is 43.5 Å². The third-order valence-electron chi connectivity index (χ3n) is 6.06. The van der Waals surface area contributed by atoms with Crippen LogP contribution in [0.2, 0.25) is 12.1 Å². The summed E-state index contributed by atoms with van der Waals surface area (Å²) in [6.45, 7) is 4.76. The molecule has 0 spiro atoms. The molecule has 1 N–H and O–H groups in total. The van der Waals surface area contributed by atoms with E-state index in [0.29, 0.717) is 6.07 Å². The normalized spacial score (nSPS) is 19.3. The van der Waals surface area contributed by atoms with Gasteiger partial charge in [0.25, 0.3) is 5.59 Å². The Bertz CT molecular complexity index is 1210. The van der Waals surface area contributed by atoms with E-state index in [0.717, 1.165) is 29.2 Å². The fourth-order valence-corrected chi connectivity index (χ4v) is 7.52. The van der Waals surface area contributed by atoms with Crippen molar-refractivity contribution in [2.45, 2.75) is 56.7 Å². The number of benzene rings is 2. The number of carbonyl (C=O) groups is 3. The van der Waals surface area contributed by atoms with E-state index in [4.69, 9.17) is 16.3 Å². The lowest BCUT2D eigenvalue weighted by atomic mass is 9.97. The molecule has 0 atom stereocenters. The number of rotatable bonds is 7. The molecule has 3 rings (SSSR count). The number of hydrogen-bond donors (Lipinski definition) is 1. The monoisotopic (exact) mass is 576 g/mol. The minimum Gasteiger partial charge on any atom is -0.465 e. The smallest absolute Gasteiger partial charge is 0.416 e. The Morgan fingerprint density at radius 1 is 1.05 bits per heavy atom. The van der Waals surface area contributed by atoms with Gasteiger partial charge in [-0.1, -0.05) is 12.1 Å². The summed E-state index contributed by atoms with van der Waals surface area (Å²) in [5.74, 6) is -4.01. The zero-order valence-corrected chi connectivity index (χ0v) is 22.7. The van der Waals surface area contributed by atoms with Gasteiger partial charge in [0.05, 0.1) is 11.3 Å². The largest absolute Gasteiger partial charge is 0.465 e. The lowest BCUT2D eigenvalue weighted by Crippen LogP contribution is -2.69. The average molecular weight is 577 g/mol. The highest BCUT2D eigenvalue weighted by atomic mass is 35.5. The molecular formula is C25H26ClF5N2O4Si. The van der Waals surface area contributed by atoms with E-state index in [-0.39, 0.29) is 29.9 Å². The molecule has 38 heavy (non-hydrogen) atoms. The molecule has 0 aromatic heterocycles. The van der Waals surface area contributed by atoms with Gasteiger partial charge in [-0.25, -0.2) is 8.78 Å². The molecule has 206 valence electrons. The number of anilines is 1. The van der Waals surface area contributed by atoms with Crippen LogP contribution in [0.4, 0.5) is 32.4 Å². The second kappa shape index (κ2) is 11.0. The van der Waals surface area contributed by atoms with Gasteiger partial charge in [0.15, 0.2) is 8.80 Å². The molecule has 1 fully saturated rings. The molecule has 0 saturated carbocycles. The average Bonchev–Trinajstić information content (AvgIpc) is 2.77. The molecule has 1 saturated heterocycles. The van der Waals surface area contributed by atoms with Crippen molar-refractivity contribution in [3.05, 3.63) is 65.2 Å². The fourth-order valence-electron chi connectivity index (χ4n) is 4.20. The summed E-state index contributed by atoms with van der Waals surface area (Å²) in [6, 6.07) is 6.42. The molecule has 2 amide bonds. The van der Waals surface area contributed by atoms with Crippen LogP contribution in [0, 0.1) is 11.6 Å². The summed E-state index contributed by atoms with van der Waals surface area (Å²) < 4.78 is 72.1. The first-order chi connectivity index (χ1) is 17.6. The van der Waals surface area contributed by atoms with E-state index in [2.05, 4.69) is 5.32 Å². The summed E-state index contributed by atoms with van der Waals surface area (Å²) in [5, 5.41) is 2.37. The van der Waals surface area contributed by atoms with Gasteiger partial charge >= 0.3 is 6.18 Å². The van der Waals surface area contributed by atoms with Crippen LogP contribution in [-0.4, -0.2) is 48.1 Å². The number of carbonyl (C=O) groups excluding carboxylic acids is 3. The lowest BCUT2D eigenvalue weighted by Gasteiger charge is -2.51. The SMILES string of the molecule is CC(C)(C)OC(=O)[SiH]1CC(C(=O)Nc2ccc(F)cc2F)(N(Cc2ccc(C(F)(F)F)cc2)C(=O)CCl)C1. The molecule has 1 aliphatic rings. The van der Waals surface area contributed by atoms with Crippen molar-refractivity contribution in [1.29, 1.82) is 0 Å². The van der Waals surface area contributed by atoms with Gasteiger partial charge in [0, 0.05) is 12.6 Å². The molecule has 2 aromatic rings. The van der Waals surface area contributed by atoms with Crippen LogP contribution in [-0.2, 0) is 27.0 Å². The number of nitrogens with zero attached hydrogens (tertiary/aromatic N) is 1. The number of halogens is 6. The molecule has 0 unspecified atom stereocenters. The van der Waals surface area contributed by atoms with E-state index in [1.165, 1.54) is 12.1 Å². The molecule has 0 bridgehead atoms. The maximum atomic E-state index is 14.3. The topological polar surface area (TPSA) is 75.7 Å². The number of alkyl halides is 4. The summed E-state index contributed by atoms with van der Waals surface area (Å²) in [5.41, 5.74) is -3.86. The van der Waals surface area contributed by atoms with Crippen LogP contribution in [0.1, 0.15) is 31.9 Å². The van der Waals surface area contributed by atoms with E-state index >= 15 is 0 Å². The second-order valence-corrected chi connectivity index (χ2v) is 13.0. The van der Waals surface area contributed by atoms with Crippen LogP contribution in [0.25, 0.3) is 0 Å². The minimum absolute atomic E-state index is 0.0696. The summed E-state index contributed by atoms with van der Waals surface area (Å²) in [7, 11) is -2.41. The molecular weight excluding hydrogens is 551 g/mol. The summed E-state index contributed by atoms with van der Waals surface area (Å²) in [6.07, 6.45) is -4.56. The van der Waals surface area contributed by atoms with Gasteiger partial charge in [-0.3, -0.25) is 14.4 Å². The predicted octanol–water partition coefficient (Wildman–Crippen LogP) is 5.69. The van der Waals surface area contributed by atoms with Gasteiger partial charge in [0.1, 0.15) is 28.7 Å². The highest BCUT2D eigenvalue weighted by Crippen LogP contribution is 2.43. The van der Waals surface area contributed by atoms with E-state index < -0.39 is 66.6 Å². The zero-order chi connectivity index (χ0) is 28.5. The summed E-state index contributed by atoms with van der Waals surface area (Å²) >= 11 is 5.83. The van der Waals surface area contributed by atoms with Crippen LogP contribution in [0.15, 0.2) is 42.5 Å². The minimum atomic E-state index is -4.56. The molecule has 2 aromatic carbocycles. The number of hydrogen-bond acceptors (Lipinski definition) is 4. The van der Waals surface area contributed by atoms with E-state index in [1.807, 2.05) is 0 Å². The highest BCUT2D eigenvalue weighted by molar-refractivity contribution is 6.92. The third kappa shape index (κ3) is 6.71. The lowest BCUT2D eigenvalue weighted by molar-refractivity contribution is -0.143. The van der Waals surface area contributed by atoms with Gasteiger partial charge < -0.3 is 15.0 Å². The Morgan fingerprint density at radius 2 is 1.66 bits per heavy atom. The molecule has 0 aliphatic carbocycles. The predicted molar refractivity (Wildman–Crippen MR) is 133 cm³/mol. The van der Waals surface area contributed by atoms with Gasteiger partial charge in [0.2, 0.25) is 11.8 Å². The van der Waals surface area contributed by atoms with Gasteiger partial charge in [-0.2, -0.15) is 13.2 Å². The van der Waals surface area contributed by atoms with E-state index in [1.54, 1.807) is 20.8 Å². The second-order valence-electron chi connectivity index (χ2n) is 10.1. The maximum Gasteiger partial charge on any atom is 0.416 e. The van der Waals surface area contributed by atoms with Gasteiger partial charge in [-0.05, 0) is 62.7 Å². The number of ether oxygens (including phenoxy) is 1. The van der Waals surface area contributed by atoms with E-state index in [9.17, 15) is 36.3 Å². The Labute approximate surface area is 222 Å². The van der Waals surface area contributed by atoms with Crippen molar-refractivity contribution in [1.82, 2.24) is 4.90 Å². The van der Waals surface area contributed by atoms with Crippen LogP contribution >= 0.6 is 11.6 Å². The van der Waals surface area contributed by atoms with Crippen molar-refractivity contribution in [3.8, 4) is 0 Å². The van der Waals surface area contributed by atoms with Gasteiger partial charge in [-0.15, -0.1) is 11.6 Å². The van der Waals surface area contributed by atoms with Crippen molar-refractivity contribution in [2.24, 2.45) is 0 Å².